The van der Waals surface area contributed by atoms with E-state index in [1.807, 2.05) is 6.92 Å². The van der Waals surface area contributed by atoms with Crippen molar-refractivity contribution >= 4 is 11.6 Å². The van der Waals surface area contributed by atoms with Crippen LogP contribution in [0.25, 0.3) is 0 Å². The van der Waals surface area contributed by atoms with Crippen LogP contribution in [0, 0.1) is 12.7 Å². The molecule has 1 aliphatic rings. The molecule has 9 heteroatoms. The summed E-state index contributed by atoms with van der Waals surface area (Å²) >= 11 is 0. The van der Waals surface area contributed by atoms with Gasteiger partial charge < -0.3 is 30.1 Å². The van der Waals surface area contributed by atoms with Crippen LogP contribution >= 0.6 is 0 Å². The second kappa shape index (κ2) is 13.7. The van der Waals surface area contributed by atoms with E-state index < -0.39 is 12.2 Å². The maximum Gasteiger partial charge on any atom is 0.253 e. The van der Waals surface area contributed by atoms with Crippen LogP contribution in [0.2, 0.25) is 0 Å². The van der Waals surface area contributed by atoms with Crippen LogP contribution in [0.3, 0.4) is 0 Å². The number of nitrogens with zero attached hydrogens (tertiary/aromatic N) is 1. The minimum Gasteiger partial charge on any atom is -0.496 e. The van der Waals surface area contributed by atoms with Crippen molar-refractivity contribution in [3.05, 3.63) is 53.6 Å². The van der Waals surface area contributed by atoms with E-state index in [9.17, 15) is 14.3 Å². The number of benzene rings is 1. The number of amides is 1. The van der Waals surface area contributed by atoms with Gasteiger partial charge in [0.05, 0.1) is 37.4 Å². The molecule has 1 saturated heterocycles. The Hall–Kier alpha value is -2.59. The zero-order chi connectivity index (χ0) is 23.4. The van der Waals surface area contributed by atoms with Crippen LogP contribution in [-0.4, -0.2) is 59.2 Å². The van der Waals surface area contributed by atoms with Crippen molar-refractivity contribution in [1.82, 2.24) is 4.98 Å². The first-order chi connectivity index (χ1) is 14.8. The Labute approximate surface area is 181 Å². The van der Waals surface area contributed by atoms with Crippen molar-refractivity contribution < 1.29 is 34.0 Å². The molecule has 3 rings (SSSR count). The van der Waals surface area contributed by atoms with E-state index in [1.165, 1.54) is 19.4 Å². The van der Waals surface area contributed by atoms with Gasteiger partial charge in [0, 0.05) is 12.7 Å². The average molecular weight is 438 g/mol. The first-order valence-electron chi connectivity index (χ1n) is 9.80. The number of aliphatic hydroxyl groups excluding tert-OH is 3. The first-order valence-corrected chi connectivity index (χ1v) is 9.80. The smallest absolute Gasteiger partial charge is 0.253 e. The molecule has 1 aromatic heterocycles. The summed E-state index contributed by atoms with van der Waals surface area (Å²) in [5.41, 5.74) is 1.47. The van der Waals surface area contributed by atoms with E-state index in [1.54, 1.807) is 31.2 Å². The molecule has 1 amide bonds. The fraction of sp³-hybridized carbons (Fsp3) is 0.455. The van der Waals surface area contributed by atoms with Crippen molar-refractivity contribution in [2.24, 2.45) is 0 Å². The van der Waals surface area contributed by atoms with Crippen molar-refractivity contribution in [3.8, 4) is 5.75 Å². The third-order valence-electron chi connectivity index (χ3n) is 4.53. The molecule has 0 saturated carbocycles. The summed E-state index contributed by atoms with van der Waals surface area (Å²) in [6.07, 6.45) is 1.78. The molecule has 1 aliphatic heterocycles. The van der Waals surface area contributed by atoms with E-state index >= 15 is 0 Å². The van der Waals surface area contributed by atoms with Gasteiger partial charge in [-0.25, -0.2) is 4.39 Å². The van der Waals surface area contributed by atoms with Crippen molar-refractivity contribution in [1.29, 1.82) is 0 Å². The van der Waals surface area contributed by atoms with Gasteiger partial charge in [-0.2, -0.15) is 0 Å². The molecule has 31 heavy (non-hydrogen) atoms. The Morgan fingerprint density at radius 2 is 2.03 bits per heavy atom. The summed E-state index contributed by atoms with van der Waals surface area (Å²) in [6.45, 7) is 3.25. The Kier molecular flexibility index (Phi) is 11.7. The molecule has 1 aromatic carbocycles. The van der Waals surface area contributed by atoms with Gasteiger partial charge in [0.25, 0.3) is 5.91 Å². The molecule has 1 fully saturated rings. The molecule has 0 radical (unpaired) electrons. The van der Waals surface area contributed by atoms with Gasteiger partial charge in [-0.05, 0) is 51.0 Å². The minimum absolute atomic E-state index is 0.121. The molecule has 0 spiro atoms. The molecule has 4 N–H and O–H groups in total. The lowest BCUT2D eigenvalue weighted by molar-refractivity contribution is -0.126. The zero-order valence-electron chi connectivity index (χ0n) is 18.2. The first kappa shape index (κ1) is 26.4. The predicted octanol–water partition coefficient (Wildman–Crippen LogP) is 2.36. The molecule has 2 heterocycles. The molecule has 2 aromatic rings. The van der Waals surface area contributed by atoms with Gasteiger partial charge in [-0.1, -0.05) is 6.07 Å². The topological polar surface area (TPSA) is 121 Å². The number of hydrogen-bond donors (Lipinski definition) is 4. The molecule has 172 valence electrons. The van der Waals surface area contributed by atoms with Gasteiger partial charge in [0.2, 0.25) is 0 Å². The van der Waals surface area contributed by atoms with Crippen LogP contribution in [0.5, 0.6) is 5.75 Å². The fourth-order valence-corrected chi connectivity index (χ4v) is 2.80. The number of hydrogen-bond acceptors (Lipinski definition) is 7. The Balaban J connectivity index is 0.000000337. The van der Waals surface area contributed by atoms with Gasteiger partial charge in [-0.3, -0.25) is 9.78 Å². The van der Waals surface area contributed by atoms with E-state index in [0.717, 1.165) is 20.0 Å². The van der Waals surface area contributed by atoms with Crippen LogP contribution in [0.4, 0.5) is 10.1 Å². The number of methoxy groups -OCH3 is 1. The number of carbonyl (C=O) groups is 1. The summed E-state index contributed by atoms with van der Waals surface area (Å²) in [7, 11) is 2.53. The largest absolute Gasteiger partial charge is 0.496 e. The molecule has 3 atom stereocenters. The molecule has 8 nitrogen and oxygen atoms in total. The Morgan fingerprint density at radius 3 is 2.52 bits per heavy atom. The number of pyridine rings is 1. The molecular formula is C22H31FN2O6. The third kappa shape index (κ3) is 8.22. The van der Waals surface area contributed by atoms with Crippen LogP contribution < -0.4 is 10.1 Å². The zero-order valence-corrected chi connectivity index (χ0v) is 18.2. The van der Waals surface area contributed by atoms with Crippen molar-refractivity contribution in [3.63, 3.8) is 0 Å². The lowest BCUT2D eigenvalue weighted by atomic mass is 10.2. The van der Waals surface area contributed by atoms with Crippen molar-refractivity contribution in [2.45, 2.75) is 45.0 Å². The third-order valence-corrected chi connectivity index (χ3v) is 4.53. The summed E-state index contributed by atoms with van der Waals surface area (Å²) in [5, 5.41) is 27.9. The van der Waals surface area contributed by atoms with Gasteiger partial charge >= 0.3 is 0 Å². The second-order valence-corrected chi connectivity index (χ2v) is 6.74. The van der Waals surface area contributed by atoms with E-state index in [0.29, 0.717) is 22.7 Å². The van der Waals surface area contributed by atoms with Crippen LogP contribution in [0.1, 0.15) is 37.1 Å². The number of aliphatic hydroxyl groups is 3. The van der Waals surface area contributed by atoms with Crippen LogP contribution in [-0.2, 0) is 9.53 Å². The number of halogens is 1. The minimum atomic E-state index is -0.997. The highest BCUT2D eigenvalue weighted by molar-refractivity contribution is 5.94. The number of rotatable bonds is 5. The molecule has 0 aliphatic carbocycles. The number of aromatic nitrogens is 1. The fourth-order valence-electron chi connectivity index (χ4n) is 2.80. The summed E-state index contributed by atoms with van der Waals surface area (Å²) < 4.78 is 23.0. The Bertz CT molecular complexity index is 803. The standard InChI is InChI=1S/C13H18N2O4.C8H9FO.CH4O/c1-8-2-5-12(19-8)13(18)15-9-3-4-10(14-6-9)11(17)7-16;1-6-7(9)4-3-5-8(6)10-2;1-2/h3-4,6,8,11-12,16-17H,2,5,7H2,1H3,(H,15,18);3-5H,1-2H3;2H,1H3. The van der Waals surface area contributed by atoms with E-state index in [4.69, 9.17) is 19.7 Å². The number of carbonyl (C=O) groups excluding carboxylic acids is 1. The SMILES string of the molecule is CC1CCC(C(=O)Nc2ccc(C(O)CO)nc2)O1.CO.COc1cccc(F)c1C. The van der Waals surface area contributed by atoms with E-state index in [2.05, 4.69) is 10.3 Å². The van der Waals surface area contributed by atoms with Crippen molar-refractivity contribution in [2.75, 3.05) is 26.1 Å². The van der Waals surface area contributed by atoms with Gasteiger partial charge in [0.15, 0.2) is 0 Å². The van der Waals surface area contributed by atoms with Gasteiger partial charge in [-0.15, -0.1) is 0 Å². The van der Waals surface area contributed by atoms with Crippen LogP contribution in [0.15, 0.2) is 36.5 Å². The maximum absolute atomic E-state index is 12.7. The Morgan fingerprint density at radius 1 is 1.32 bits per heavy atom. The maximum atomic E-state index is 12.7. The highest BCUT2D eigenvalue weighted by Gasteiger charge is 2.28. The monoisotopic (exact) mass is 438 g/mol. The quantitative estimate of drug-likeness (QED) is 0.565. The highest BCUT2D eigenvalue weighted by Crippen LogP contribution is 2.21. The lowest BCUT2D eigenvalue weighted by Crippen LogP contribution is -2.27. The number of nitrogens with one attached hydrogen (secondary N) is 1. The average Bonchev–Trinajstić information content (AvgIpc) is 3.24. The summed E-state index contributed by atoms with van der Waals surface area (Å²) in [6, 6.07) is 7.98. The molecule has 3 unspecified atom stereocenters. The normalized spacial score (nSPS) is 18.1. The summed E-state index contributed by atoms with van der Waals surface area (Å²) in [5.74, 6) is 0.195. The molecule has 0 bridgehead atoms. The lowest BCUT2D eigenvalue weighted by Gasteiger charge is -2.12. The molecular weight excluding hydrogens is 407 g/mol. The highest BCUT2D eigenvalue weighted by atomic mass is 19.1. The number of anilines is 1. The summed E-state index contributed by atoms with van der Waals surface area (Å²) in [4.78, 5) is 15.9. The predicted molar refractivity (Wildman–Crippen MR) is 114 cm³/mol. The van der Waals surface area contributed by atoms with Gasteiger partial charge in [0.1, 0.15) is 23.8 Å². The van der Waals surface area contributed by atoms with E-state index in [-0.39, 0.29) is 24.4 Å². The second-order valence-electron chi connectivity index (χ2n) is 6.74. The number of ether oxygens (including phenoxy) is 2.